The summed E-state index contributed by atoms with van der Waals surface area (Å²) in [6.45, 7) is 1.66. The van der Waals surface area contributed by atoms with Gasteiger partial charge in [-0.1, -0.05) is 5.10 Å². The SMILES string of the molecule is Cc1ncc(S(=O)(=O)Nc2nnc(C3CC3)o2)[nH]1. The molecule has 2 heterocycles. The zero-order chi connectivity index (χ0) is 12.8. The number of imidazole rings is 1. The lowest BCUT2D eigenvalue weighted by atomic mass is 10.4. The summed E-state index contributed by atoms with van der Waals surface area (Å²) in [5.41, 5.74) is 0. The molecular formula is C9H11N5O3S. The summed E-state index contributed by atoms with van der Waals surface area (Å²) in [5.74, 6) is 1.28. The largest absolute Gasteiger partial charge is 0.407 e. The van der Waals surface area contributed by atoms with E-state index in [0.717, 1.165) is 12.8 Å². The first-order valence-electron chi connectivity index (χ1n) is 5.42. The van der Waals surface area contributed by atoms with E-state index in [4.69, 9.17) is 4.42 Å². The van der Waals surface area contributed by atoms with E-state index < -0.39 is 10.0 Å². The van der Waals surface area contributed by atoms with E-state index in [-0.39, 0.29) is 17.0 Å². The van der Waals surface area contributed by atoms with Crippen molar-refractivity contribution in [2.45, 2.75) is 30.7 Å². The third-order valence-electron chi connectivity index (χ3n) is 2.56. The number of sulfonamides is 1. The van der Waals surface area contributed by atoms with E-state index in [1.807, 2.05) is 0 Å². The van der Waals surface area contributed by atoms with Gasteiger partial charge in [-0.2, -0.15) is 8.42 Å². The van der Waals surface area contributed by atoms with Crippen molar-refractivity contribution in [1.82, 2.24) is 20.2 Å². The minimum Gasteiger partial charge on any atom is -0.407 e. The summed E-state index contributed by atoms with van der Waals surface area (Å²) in [6.07, 6.45) is 3.25. The van der Waals surface area contributed by atoms with Crippen molar-refractivity contribution in [3.63, 3.8) is 0 Å². The number of nitrogens with one attached hydrogen (secondary N) is 2. The van der Waals surface area contributed by atoms with Crippen LogP contribution in [0.4, 0.5) is 6.01 Å². The zero-order valence-electron chi connectivity index (χ0n) is 9.54. The topological polar surface area (TPSA) is 114 Å². The average molecular weight is 269 g/mol. The molecule has 1 saturated carbocycles. The first-order chi connectivity index (χ1) is 8.54. The summed E-state index contributed by atoms with van der Waals surface area (Å²) < 4.78 is 31.2. The average Bonchev–Trinajstić information content (AvgIpc) is 2.89. The van der Waals surface area contributed by atoms with E-state index in [1.54, 1.807) is 6.92 Å². The van der Waals surface area contributed by atoms with Crippen molar-refractivity contribution in [2.24, 2.45) is 0 Å². The van der Waals surface area contributed by atoms with Crippen molar-refractivity contribution in [2.75, 3.05) is 4.72 Å². The van der Waals surface area contributed by atoms with Gasteiger partial charge in [0.25, 0.3) is 10.0 Å². The van der Waals surface area contributed by atoms with E-state index >= 15 is 0 Å². The molecule has 1 aliphatic rings. The van der Waals surface area contributed by atoms with Gasteiger partial charge in [0.1, 0.15) is 5.82 Å². The van der Waals surface area contributed by atoms with Crippen LogP contribution in [-0.2, 0) is 10.0 Å². The number of aromatic amines is 1. The van der Waals surface area contributed by atoms with Gasteiger partial charge in [-0.05, 0) is 19.8 Å². The molecule has 18 heavy (non-hydrogen) atoms. The van der Waals surface area contributed by atoms with Gasteiger partial charge in [-0.25, -0.2) is 9.71 Å². The Bertz CT molecular complexity index is 670. The van der Waals surface area contributed by atoms with Crippen LogP contribution < -0.4 is 4.72 Å². The molecule has 0 spiro atoms. The van der Waals surface area contributed by atoms with Gasteiger partial charge in [-0.15, -0.1) is 5.10 Å². The molecular weight excluding hydrogens is 258 g/mol. The molecule has 0 amide bonds. The summed E-state index contributed by atoms with van der Waals surface area (Å²) in [6, 6.07) is -0.121. The van der Waals surface area contributed by atoms with E-state index in [0.29, 0.717) is 11.7 Å². The fourth-order valence-electron chi connectivity index (χ4n) is 1.48. The fourth-order valence-corrected chi connectivity index (χ4v) is 2.37. The Morgan fingerprint density at radius 1 is 1.44 bits per heavy atom. The summed E-state index contributed by atoms with van der Waals surface area (Å²) in [4.78, 5) is 6.45. The quantitative estimate of drug-likeness (QED) is 0.847. The lowest BCUT2D eigenvalue weighted by Crippen LogP contribution is -2.13. The van der Waals surface area contributed by atoms with Crippen LogP contribution in [0.2, 0.25) is 0 Å². The number of aromatic nitrogens is 4. The third-order valence-corrected chi connectivity index (χ3v) is 3.79. The number of anilines is 1. The molecule has 0 bridgehead atoms. The molecule has 0 atom stereocenters. The standard InChI is InChI=1S/C9H11N5O3S/c1-5-10-4-7(11-5)18(15,16)14-9-13-12-8(17-9)6-2-3-6/h4,6H,2-3H2,1H3,(H,10,11)(H,13,14). The molecule has 0 aliphatic heterocycles. The molecule has 1 fully saturated rings. The Hall–Kier alpha value is -1.90. The highest BCUT2D eigenvalue weighted by Crippen LogP contribution is 2.39. The maximum Gasteiger partial charge on any atom is 0.329 e. The second-order valence-electron chi connectivity index (χ2n) is 4.16. The van der Waals surface area contributed by atoms with Gasteiger partial charge in [0, 0.05) is 5.92 Å². The highest BCUT2D eigenvalue weighted by atomic mass is 32.2. The first-order valence-corrected chi connectivity index (χ1v) is 6.91. The zero-order valence-corrected chi connectivity index (χ0v) is 10.4. The summed E-state index contributed by atoms with van der Waals surface area (Å²) in [7, 11) is -3.75. The van der Waals surface area contributed by atoms with Crippen LogP contribution in [0.3, 0.4) is 0 Å². The second-order valence-corrected chi connectivity index (χ2v) is 5.81. The minimum absolute atomic E-state index is 0.0360. The van der Waals surface area contributed by atoms with Gasteiger partial charge in [0.05, 0.1) is 6.20 Å². The predicted molar refractivity (Wildman–Crippen MR) is 60.4 cm³/mol. The van der Waals surface area contributed by atoms with Crippen LogP contribution in [0.15, 0.2) is 15.6 Å². The normalized spacial score (nSPS) is 15.8. The number of H-pyrrole nitrogens is 1. The smallest absolute Gasteiger partial charge is 0.329 e. The Kier molecular flexibility index (Phi) is 2.37. The Morgan fingerprint density at radius 2 is 2.22 bits per heavy atom. The van der Waals surface area contributed by atoms with E-state index in [2.05, 4.69) is 24.9 Å². The molecule has 96 valence electrons. The molecule has 2 N–H and O–H groups in total. The van der Waals surface area contributed by atoms with Gasteiger partial charge >= 0.3 is 6.01 Å². The van der Waals surface area contributed by atoms with Crippen LogP contribution in [0.25, 0.3) is 0 Å². The first kappa shape index (κ1) is 11.2. The minimum atomic E-state index is -3.75. The van der Waals surface area contributed by atoms with Crippen LogP contribution >= 0.6 is 0 Å². The lowest BCUT2D eigenvalue weighted by Gasteiger charge is -1.99. The van der Waals surface area contributed by atoms with Crippen LogP contribution in [-0.4, -0.2) is 28.6 Å². The number of rotatable bonds is 4. The second kappa shape index (κ2) is 3.80. The van der Waals surface area contributed by atoms with Crippen molar-refractivity contribution in [3.05, 3.63) is 17.9 Å². The Balaban J connectivity index is 1.81. The van der Waals surface area contributed by atoms with E-state index in [1.165, 1.54) is 6.20 Å². The number of nitrogens with zero attached hydrogens (tertiary/aromatic N) is 3. The fraction of sp³-hybridized carbons (Fsp3) is 0.444. The Labute approximate surface area is 103 Å². The van der Waals surface area contributed by atoms with Crippen molar-refractivity contribution >= 4 is 16.0 Å². The van der Waals surface area contributed by atoms with Crippen LogP contribution in [0.5, 0.6) is 0 Å². The van der Waals surface area contributed by atoms with Gasteiger partial charge in [0.15, 0.2) is 5.03 Å². The monoisotopic (exact) mass is 269 g/mol. The van der Waals surface area contributed by atoms with Gasteiger partial charge in [-0.3, -0.25) is 0 Å². The molecule has 0 unspecified atom stereocenters. The molecule has 2 aromatic rings. The third kappa shape index (κ3) is 2.08. The predicted octanol–water partition coefficient (Wildman–Crippen LogP) is 0.779. The molecule has 0 saturated heterocycles. The van der Waals surface area contributed by atoms with Crippen molar-refractivity contribution in [3.8, 4) is 0 Å². The van der Waals surface area contributed by atoms with Gasteiger partial charge in [0.2, 0.25) is 5.89 Å². The van der Waals surface area contributed by atoms with E-state index in [9.17, 15) is 8.42 Å². The maximum absolute atomic E-state index is 11.9. The molecule has 3 rings (SSSR count). The summed E-state index contributed by atoms with van der Waals surface area (Å²) in [5, 5.41) is 7.41. The molecule has 8 nitrogen and oxygen atoms in total. The van der Waals surface area contributed by atoms with Crippen LogP contribution in [0, 0.1) is 6.92 Å². The molecule has 0 radical (unpaired) electrons. The summed E-state index contributed by atoms with van der Waals surface area (Å²) >= 11 is 0. The number of aryl methyl sites for hydroxylation is 1. The molecule has 1 aliphatic carbocycles. The molecule has 9 heteroatoms. The van der Waals surface area contributed by atoms with Gasteiger partial charge < -0.3 is 9.40 Å². The highest BCUT2D eigenvalue weighted by molar-refractivity contribution is 7.92. The molecule has 0 aromatic carbocycles. The Morgan fingerprint density at radius 3 is 2.83 bits per heavy atom. The highest BCUT2D eigenvalue weighted by Gasteiger charge is 2.30. The molecule has 2 aromatic heterocycles. The number of hydrogen-bond donors (Lipinski definition) is 2. The van der Waals surface area contributed by atoms with Crippen LogP contribution in [0.1, 0.15) is 30.5 Å². The van der Waals surface area contributed by atoms with Crippen molar-refractivity contribution < 1.29 is 12.8 Å². The maximum atomic E-state index is 11.9. The number of hydrogen-bond acceptors (Lipinski definition) is 6. The lowest BCUT2D eigenvalue weighted by molar-refractivity contribution is 0.510. The van der Waals surface area contributed by atoms with Crippen molar-refractivity contribution in [1.29, 1.82) is 0 Å².